The summed E-state index contributed by atoms with van der Waals surface area (Å²) in [6.45, 7) is 5.99. The third-order valence-corrected chi connectivity index (χ3v) is 5.28. The molecule has 2 aromatic carbocycles. The monoisotopic (exact) mass is 418 g/mol. The average molecular weight is 419 g/mol. The molecule has 0 bridgehead atoms. The van der Waals surface area contributed by atoms with Crippen molar-refractivity contribution in [2.24, 2.45) is 0 Å². The number of aliphatic hydroxyl groups excluding tert-OH is 1. The summed E-state index contributed by atoms with van der Waals surface area (Å²) in [5.74, 6) is -0.181. The van der Waals surface area contributed by atoms with E-state index >= 15 is 0 Å². The number of hydrogen-bond acceptors (Lipinski definition) is 3. The van der Waals surface area contributed by atoms with Gasteiger partial charge in [0.15, 0.2) is 17.4 Å². The Hall–Kier alpha value is -3.02. The third-order valence-electron chi connectivity index (χ3n) is 4.99. The molecule has 2 N–H and O–H groups in total. The van der Waals surface area contributed by atoms with Crippen LogP contribution in [0.3, 0.4) is 0 Å². The molecule has 3 aromatic rings. The van der Waals surface area contributed by atoms with Gasteiger partial charge in [0.05, 0.1) is 6.61 Å². The fourth-order valence-electron chi connectivity index (χ4n) is 3.26. The van der Waals surface area contributed by atoms with Crippen LogP contribution in [0.15, 0.2) is 67.0 Å². The minimum absolute atomic E-state index is 0.120. The summed E-state index contributed by atoms with van der Waals surface area (Å²) in [6.07, 6.45) is 4.40. The average Bonchev–Trinajstić information content (AvgIpc) is 2.76. The molecular weight excluding hydrogens is 392 g/mol. The van der Waals surface area contributed by atoms with Crippen LogP contribution in [-0.2, 0) is 13.0 Å². The predicted octanol–water partition coefficient (Wildman–Crippen LogP) is 3.77. The maximum Gasteiger partial charge on any atom is 0.238 e. The maximum absolute atomic E-state index is 13.5. The zero-order valence-corrected chi connectivity index (χ0v) is 18.3. The summed E-state index contributed by atoms with van der Waals surface area (Å²) in [7, 11) is 0. The van der Waals surface area contributed by atoms with Gasteiger partial charge in [-0.1, -0.05) is 61.1 Å². The van der Waals surface area contributed by atoms with Crippen LogP contribution >= 0.6 is 12.2 Å². The van der Waals surface area contributed by atoms with E-state index in [-0.39, 0.29) is 12.4 Å². The first kappa shape index (κ1) is 21.7. The lowest BCUT2D eigenvalue weighted by Crippen LogP contribution is -2.40. The van der Waals surface area contributed by atoms with Crippen molar-refractivity contribution in [2.75, 3.05) is 5.32 Å². The third kappa shape index (κ3) is 4.93. The van der Waals surface area contributed by atoms with Crippen LogP contribution in [0.1, 0.15) is 34.7 Å². The number of pyridine rings is 1. The van der Waals surface area contributed by atoms with Crippen LogP contribution < -0.4 is 15.0 Å². The SMILES string of the molecule is CCc1ccc(C([O-])=C(C(=S)Nc2ccc(C)cc2C)[n+]2cccc(CO)c2)cc1. The van der Waals surface area contributed by atoms with Crippen molar-refractivity contribution in [3.05, 3.63) is 94.8 Å². The number of aryl methyl sites for hydroxylation is 3. The summed E-state index contributed by atoms with van der Waals surface area (Å²) in [4.78, 5) is 0.326. The van der Waals surface area contributed by atoms with Gasteiger partial charge in [0.1, 0.15) is 0 Å². The zero-order valence-electron chi connectivity index (χ0n) is 17.5. The topological polar surface area (TPSA) is 59.2 Å². The fraction of sp³-hybridized carbons (Fsp3) is 0.200. The van der Waals surface area contributed by atoms with Gasteiger partial charge in [-0.25, -0.2) is 0 Å². The number of nitrogens with zero attached hydrogens (tertiary/aromatic N) is 1. The van der Waals surface area contributed by atoms with E-state index in [1.54, 1.807) is 29.1 Å². The molecule has 0 aliphatic carbocycles. The summed E-state index contributed by atoms with van der Waals surface area (Å²) < 4.78 is 1.68. The largest absolute Gasteiger partial charge is 0.867 e. The smallest absolute Gasteiger partial charge is 0.238 e. The molecule has 0 saturated carbocycles. The van der Waals surface area contributed by atoms with Crippen molar-refractivity contribution in [3.63, 3.8) is 0 Å². The van der Waals surface area contributed by atoms with Gasteiger partial charge in [-0.3, -0.25) is 0 Å². The molecule has 30 heavy (non-hydrogen) atoms. The minimum atomic E-state index is -0.181. The molecule has 0 amide bonds. The van der Waals surface area contributed by atoms with Crippen molar-refractivity contribution in [3.8, 4) is 0 Å². The molecule has 0 aliphatic heterocycles. The van der Waals surface area contributed by atoms with E-state index in [0.29, 0.717) is 21.8 Å². The number of benzene rings is 2. The summed E-state index contributed by atoms with van der Waals surface area (Å²) in [5.41, 5.74) is 5.82. The Labute approximate surface area is 183 Å². The van der Waals surface area contributed by atoms with Gasteiger partial charge < -0.3 is 15.5 Å². The van der Waals surface area contributed by atoms with Crippen molar-refractivity contribution >= 4 is 34.3 Å². The molecule has 0 unspecified atom stereocenters. The second kappa shape index (κ2) is 9.65. The van der Waals surface area contributed by atoms with Crippen molar-refractivity contribution < 1.29 is 14.8 Å². The maximum atomic E-state index is 13.5. The van der Waals surface area contributed by atoms with Crippen LogP contribution in [-0.4, -0.2) is 10.1 Å². The molecule has 0 saturated heterocycles. The van der Waals surface area contributed by atoms with Gasteiger partial charge in [0.2, 0.25) is 5.70 Å². The van der Waals surface area contributed by atoms with Crippen molar-refractivity contribution in [2.45, 2.75) is 33.8 Å². The van der Waals surface area contributed by atoms with E-state index in [9.17, 15) is 10.2 Å². The molecule has 0 atom stereocenters. The molecule has 5 heteroatoms. The van der Waals surface area contributed by atoms with E-state index in [4.69, 9.17) is 12.2 Å². The van der Waals surface area contributed by atoms with E-state index < -0.39 is 0 Å². The van der Waals surface area contributed by atoms with Crippen LogP contribution in [0.25, 0.3) is 11.5 Å². The quantitative estimate of drug-likeness (QED) is 0.277. The molecule has 1 heterocycles. The Morgan fingerprint density at radius 1 is 1.07 bits per heavy atom. The molecule has 0 fully saturated rings. The number of anilines is 1. The molecule has 0 aliphatic rings. The first-order valence-corrected chi connectivity index (χ1v) is 10.3. The minimum Gasteiger partial charge on any atom is -0.867 e. The highest BCUT2D eigenvalue weighted by atomic mass is 32.1. The van der Waals surface area contributed by atoms with Gasteiger partial charge >= 0.3 is 0 Å². The van der Waals surface area contributed by atoms with E-state index in [0.717, 1.165) is 23.2 Å². The molecular formula is C25H26N2O2S. The van der Waals surface area contributed by atoms with E-state index in [1.165, 1.54) is 5.56 Å². The van der Waals surface area contributed by atoms with Gasteiger partial charge in [-0.2, -0.15) is 4.57 Å². The fourth-order valence-corrected chi connectivity index (χ4v) is 3.57. The molecule has 0 radical (unpaired) electrons. The first-order chi connectivity index (χ1) is 14.4. The highest BCUT2D eigenvalue weighted by Crippen LogP contribution is 2.21. The number of aromatic nitrogens is 1. The Balaban J connectivity index is 2.09. The van der Waals surface area contributed by atoms with Gasteiger partial charge in [-0.05, 0) is 54.9 Å². The summed E-state index contributed by atoms with van der Waals surface area (Å²) in [6, 6.07) is 17.2. The van der Waals surface area contributed by atoms with Crippen LogP contribution in [0, 0.1) is 13.8 Å². The molecule has 4 nitrogen and oxygen atoms in total. The number of rotatable bonds is 6. The zero-order chi connectivity index (χ0) is 21.7. The van der Waals surface area contributed by atoms with Crippen LogP contribution in [0.5, 0.6) is 0 Å². The highest BCUT2D eigenvalue weighted by molar-refractivity contribution is 7.81. The second-order valence-electron chi connectivity index (χ2n) is 7.28. The Morgan fingerprint density at radius 3 is 2.43 bits per heavy atom. The lowest BCUT2D eigenvalue weighted by molar-refractivity contribution is -0.578. The van der Waals surface area contributed by atoms with Crippen molar-refractivity contribution in [1.29, 1.82) is 0 Å². The Morgan fingerprint density at radius 2 is 1.80 bits per heavy atom. The lowest BCUT2D eigenvalue weighted by Gasteiger charge is -2.18. The Kier molecular flexibility index (Phi) is 6.98. The Bertz CT molecular complexity index is 1090. The number of aliphatic hydroxyl groups is 1. The molecule has 0 spiro atoms. The molecule has 154 valence electrons. The lowest BCUT2D eigenvalue weighted by atomic mass is 10.1. The van der Waals surface area contributed by atoms with Gasteiger partial charge in [0, 0.05) is 17.3 Å². The molecule has 3 rings (SSSR count). The number of nitrogens with one attached hydrogen (secondary N) is 1. The van der Waals surface area contributed by atoms with Crippen molar-refractivity contribution in [1.82, 2.24) is 0 Å². The first-order valence-electron chi connectivity index (χ1n) is 9.93. The normalized spacial score (nSPS) is 11.7. The van der Waals surface area contributed by atoms with E-state index in [1.807, 2.05) is 50.2 Å². The summed E-state index contributed by atoms with van der Waals surface area (Å²) >= 11 is 5.68. The second-order valence-corrected chi connectivity index (χ2v) is 7.69. The predicted molar refractivity (Wildman–Crippen MR) is 124 cm³/mol. The molecule has 1 aromatic heterocycles. The standard InChI is InChI=1S/C25H26N2O2S/c1-4-19-8-10-21(11-9-19)24(29)23(27-13-5-6-20(15-27)16-28)25(30)26-22-12-7-17(2)14-18(22)3/h5-15,28H,4,16H2,1-3H3,(H-,26,29,30). The summed E-state index contributed by atoms with van der Waals surface area (Å²) in [5, 5.41) is 26.2. The number of thiocarbonyl (C=S) groups is 1. The van der Waals surface area contributed by atoms with Gasteiger partial charge in [0.25, 0.3) is 0 Å². The number of hydrogen-bond donors (Lipinski definition) is 2. The van der Waals surface area contributed by atoms with Crippen LogP contribution in [0.4, 0.5) is 5.69 Å². The van der Waals surface area contributed by atoms with Gasteiger partial charge in [-0.15, -0.1) is 0 Å². The highest BCUT2D eigenvalue weighted by Gasteiger charge is 2.20. The van der Waals surface area contributed by atoms with Crippen LogP contribution in [0.2, 0.25) is 0 Å². The van der Waals surface area contributed by atoms with E-state index in [2.05, 4.69) is 18.3 Å².